The zero-order valence-corrected chi connectivity index (χ0v) is 10.8. The molecule has 2 heterocycles. The summed E-state index contributed by atoms with van der Waals surface area (Å²) >= 11 is 1.59. The molecule has 0 spiro atoms. The van der Waals surface area contributed by atoms with Gasteiger partial charge in [-0.3, -0.25) is 4.79 Å². The second kappa shape index (κ2) is 4.42. The number of benzene rings is 1. The Morgan fingerprint density at radius 3 is 3.06 bits per heavy atom. The summed E-state index contributed by atoms with van der Waals surface area (Å²) in [5.74, 6) is 0.0985. The highest BCUT2D eigenvalue weighted by molar-refractivity contribution is 7.14. The summed E-state index contributed by atoms with van der Waals surface area (Å²) in [5.41, 5.74) is 4.19. The van der Waals surface area contributed by atoms with Gasteiger partial charge >= 0.3 is 0 Å². The van der Waals surface area contributed by atoms with E-state index in [2.05, 4.69) is 21.7 Å². The minimum absolute atomic E-state index is 0.0985. The normalized spacial score (nSPS) is 13.9. The Hall–Kier alpha value is -1.88. The molecule has 3 rings (SSSR count). The third-order valence-corrected chi connectivity index (χ3v) is 3.87. The van der Waals surface area contributed by atoms with Crippen LogP contribution >= 0.6 is 11.3 Å². The van der Waals surface area contributed by atoms with E-state index in [1.54, 1.807) is 11.3 Å². The van der Waals surface area contributed by atoms with Gasteiger partial charge in [-0.2, -0.15) is 0 Å². The number of hydrogen-bond acceptors (Lipinski definition) is 4. The molecule has 1 amide bonds. The number of aromatic nitrogens is 1. The van der Waals surface area contributed by atoms with E-state index in [0.717, 1.165) is 28.5 Å². The van der Waals surface area contributed by atoms with E-state index in [9.17, 15) is 4.79 Å². The van der Waals surface area contributed by atoms with Gasteiger partial charge in [-0.05, 0) is 24.1 Å². The van der Waals surface area contributed by atoms with Crippen molar-refractivity contribution in [1.29, 1.82) is 0 Å². The van der Waals surface area contributed by atoms with Crippen molar-refractivity contribution < 1.29 is 4.79 Å². The van der Waals surface area contributed by atoms with Gasteiger partial charge < -0.3 is 10.6 Å². The molecule has 92 valence electrons. The van der Waals surface area contributed by atoms with Crippen LogP contribution in [0.5, 0.6) is 0 Å². The van der Waals surface area contributed by atoms with Crippen molar-refractivity contribution in [1.82, 2.24) is 4.98 Å². The third kappa shape index (κ3) is 1.97. The van der Waals surface area contributed by atoms with Crippen LogP contribution in [0.15, 0.2) is 23.6 Å². The lowest BCUT2D eigenvalue weighted by molar-refractivity contribution is -0.116. The van der Waals surface area contributed by atoms with Crippen molar-refractivity contribution in [3.05, 3.63) is 29.1 Å². The number of fused-ring (bicyclic) bond motifs is 1. The van der Waals surface area contributed by atoms with E-state index >= 15 is 0 Å². The molecule has 4 nitrogen and oxygen atoms in total. The topological polar surface area (TPSA) is 54.0 Å². The van der Waals surface area contributed by atoms with Crippen LogP contribution in [0.3, 0.4) is 0 Å². The first-order valence-electron chi connectivity index (χ1n) is 5.82. The van der Waals surface area contributed by atoms with E-state index < -0.39 is 0 Å². The molecule has 1 aromatic carbocycles. The Kier molecular flexibility index (Phi) is 2.76. The number of rotatable bonds is 2. The molecule has 1 aliphatic heterocycles. The molecular weight excluding hydrogens is 246 g/mol. The molecule has 18 heavy (non-hydrogen) atoms. The zero-order chi connectivity index (χ0) is 12.5. The summed E-state index contributed by atoms with van der Waals surface area (Å²) in [6.07, 6.45) is 1.37. The van der Waals surface area contributed by atoms with E-state index in [1.165, 1.54) is 5.56 Å². The summed E-state index contributed by atoms with van der Waals surface area (Å²) in [5, 5.41) is 8.87. The monoisotopic (exact) mass is 259 g/mol. The highest BCUT2D eigenvalue weighted by Crippen LogP contribution is 2.30. The molecule has 5 heteroatoms. The lowest BCUT2D eigenvalue weighted by Gasteiger charge is -2.17. The molecule has 0 saturated carbocycles. The fraction of sp³-hybridized carbons (Fsp3) is 0.231. The number of carbonyl (C=O) groups excluding carboxylic acids is 1. The van der Waals surface area contributed by atoms with Crippen molar-refractivity contribution in [2.75, 3.05) is 17.7 Å². The first kappa shape index (κ1) is 11.2. The highest BCUT2D eigenvalue weighted by atomic mass is 32.1. The molecule has 0 bridgehead atoms. The fourth-order valence-electron chi connectivity index (χ4n) is 2.06. The number of hydrogen-bond donors (Lipinski definition) is 2. The van der Waals surface area contributed by atoms with Crippen LogP contribution in [0.25, 0.3) is 11.3 Å². The zero-order valence-electron chi connectivity index (χ0n) is 9.99. The van der Waals surface area contributed by atoms with Gasteiger partial charge in [0.25, 0.3) is 0 Å². The van der Waals surface area contributed by atoms with Gasteiger partial charge in [0, 0.05) is 30.1 Å². The van der Waals surface area contributed by atoms with Gasteiger partial charge in [-0.15, -0.1) is 11.3 Å². The number of aryl methyl sites for hydroxylation is 1. The number of carbonyl (C=O) groups is 1. The Bertz CT molecular complexity index is 606. The summed E-state index contributed by atoms with van der Waals surface area (Å²) in [6, 6.07) is 6.07. The number of amides is 1. The molecule has 2 aromatic rings. The van der Waals surface area contributed by atoms with Crippen molar-refractivity contribution in [2.45, 2.75) is 12.8 Å². The van der Waals surface area contributed by atoms with E-state index in [-0.39, 0.29) is 5.91 Å². The minimum Gasteiger partial charge on any atom is -0.365 e. The number of nitrogens with one attached hydrogen (secondary N) is 2. The number of thiazole rings is 1. The van der Waals surface area contributed by atoms with Crippen LogP contribution in [-0.2, 0) is 11.2 Å². The van der Waals surface area contributed by atoms with Gasteiger partial charge in [0.1, 0.15) is 0 Å². The van der Waals surface area contributed by atoms with Crippen LogP contribution in [0.1, 0.15) is 12.0 Å². The fourth-order valence-corrected chi connectivity index (χ4v) is 2.74. The molecule has 1 aromatic heterocycles. The summed E-state index contributed by atoms with van der Waals surface area (Å²) in [4.78, 5) is 15.8. The summed E-state index contributed by atoms with van der Waals surface area (Å²) in [7, 11) is 1.87. The molecule has 0 fully saturated rings. The average molecular weight is 259 g/mol. The molecule has 2 N–H and O–H groups in total. The lowest BCUT2D eigenvalue weighted by atomic mass is 9.99. The maximum atomic E-state index is 11.3. The van der Waals surface area contributed by atoms with E-state index in [4.69, 9.17) is 0 Å². The molecule has 0 unspecified atom stereocenters. The van der Waals surface area contributed by atoms with Crippen LogP contribution < -0.4 is 10.6 Å². The van der Waals surface area contributed by atoms with E-state index in [0.29, 0.717) is 6.42 Å². The second-order valence-corrected chi connectivity index (χ2v) is 5.07. The SMILES string of the molecule is CNc1nc(-c2ccc3c(c2)CCC(=O)N3)cs1. The van der Waals surface area contributed by atoms with E-state index in [1.807, 2.05) is 24.6 Å². The second-order valence-electron chi connectivity index (χ2n) is 4.21. The number of anilines is 2. The van der Waals surface area contributed by atoms with Gasteiger partial charge in [-0.1, -0.05) is 6.07 Å². The van der Waals surface area contributed by atoms with Gasteiger partial charge in [-0.25, -0.2) is 4.98 Å². The molecule has 0 saturated heterocycles. The van der Waals surface area contributed by atoms with Gasteiger partial charge in [0.05, 0.1) is 5.69 Å². The van der Waals surface area contributed by atoms with Crippen molar-refractivity contribution >= 4 is 28.1 Å². The van der Waals surface area contributed by atoms with Crippen LogP contribution in [0.4, 0.5) is 10.8 Å². The summed E-state index contributed by atoms with van der Waals surface area (Å²) < 4.78 is 0. The minimum atomic E-state index is 0.0985. The molecular formula is C13H13N3OS. The van der Waals surface area contributed by atoms with Gasteiger partial charge in [0.2, 0.25) is 5.91 Å². The van der Waals surface area contributed by atoms with Crippen molar-refractivity contribution in [2.24, 2.45) is 0 Å². The maximum Gasteiger partial charge on any atom is 0.224 e. The van der Waals surface area contributed by atoms with Gasteiger partial charge in [0.15, 0.2) is 5.13 Å². The Balaban J connectivity index is 1.97. The van der Waals surface area contributed by atoms with Crippen LogP contribution in [0, 0.1) is 0 Å². The van der Waals surface area contributed by atoms with Crippen LogP contribution in [0.2, 0.25) is 0 Å². The lowest BCUT2D eigenvalue weighted by Crippen LogP contribution is -2.18. The molecule has 0 atom stereocenters. The van der Waals surface area contributed by atoms with Crippen LogP contribution in [-0.4, -0.2) is 17.9 Å². The standard InChI is InChI=1S/C13H13N3OS/c1-14-13-16-11(7-18-13)9-2-4-10-8(6-9)3-5-12(17)15-10/h2,4,6-7H,3,5H2,1H3,(H,14,16)(H,15,17). The maximum absolute atomic E-state index is 11.3. The first-order valence-corrected chi connectivity index (χ1v) is 6.70. The van der Waals surface area contributed by atoms with Crippen molar-refractivity contribution in [3.8, 4) is 11.3 Å². The highest BCUT2D eigenvalue weighted by Gasteiger charge is 2.15. The quantitative estimate of drug-likeness (QED) is 0.872. The molecule has 0 aliphatic carbocycles. The number of nitrogens with zero attached hydrogens (tertiary/aromatic N) is 1. The Labute approximate surface area is 109 Å². The third-order valence-electron chi connectivity index (χ3n) is 3.01. The predicted octanol–water partition coefficient (Wildman–Crippen LogP) is 2.74. The largest absolute Gasteiger partial charge is 0.365 e. The Morgan fingerprint density at radius 1 is 1.39 bits per heavy atom. The first-order chi connectivity index (χ1) is 8.76. The summed E-state index contributed by atoms with van der Waals surface area (Å²) in [6.45, 7) is 0. The van der Waals surface area contributed by atoms with Crippen molar-refractivity contribution in [3.63, 3.8) is 0 Å². The Morgan fingerprint density at radius 2 is 2.28 bits per heavy atom. The predicted molar refractivity (Wildman–Crippen MR) is 74.0 cm³/mol. The molecule has 0 radical (unpaired) electrons. The average Bonchev–Trinajstić information content (AvgIpc) is 2.87. The molecule has 1 aliphatic rings. The smallest absolute Gasteiger partial charge is 0.224 e.